The van der Waals surface area contributed by atoms with E-state index in [1.54, 1.807) is 27.7 Å². The van der Waals surface area contributed by atoms with E-state index in [0.29, 0.717) is 5.82 Å². The lowest BCUT2D eigenvalue weighted by atomic mass is 10.1. The van der Waals surface area contributed by atoms with Crippen LogP contribution in [0.25, 0.3) is 11.3 Å². The molecule has 1 aliphatic rings. The van der Waals surface area contributed by atoms with Gasteiger partial charge in [0.25, 0.3) is 5.56 Å². The van der Waals surface area contributed by atoms with Crippen molar-refractivity contribution in [3.63, 3.8) is 0 Å². The minimum atomic E-state index is -0.0784. The first-order valence-electron chi connectivity index (χ1n) is 10.2. The molecule has 30 heavy (non-hydrogen) atoms. The normalized spacial score (nSPS) is 15.2. The second-order valence-corrected chi connectivity index (χ2v) is 7.90. The molecule has 0 N–H and O–H groups in total. The number of aryl methyl sites for hydroxylation is 3. The Morgan fingerprint density at radius 3 is 2.47 bits per heavy atom. The van der Waals surface area contributed by atoms with Crippen molar-refractivity contribution < 1.29 is 0 Å². The Morgan fingerprint density at radius 2 is 1.73 bits per heavy atom. The Labute approximate surface area is 173 Å². The van der Waals surface area contributed by atoms with Gasteiger partial charge in [0.15, 0.2) is 11.6 Å². The summed E-state index contributed by atoms with van der Waals surface area (Å²) in [5.41, 5.74) is 3.82. The van der Waals surface area contributed by atoms with E-state index in [2.05, 4.69) is 31.2 Å². The standard InChI is InChI=1S/C21H24N8O/c1-14-12-16(3)28(24-14)19-4-5-20(30)29(25-19)17-6-9-26(10-7-17)21-18-13-15(2)23-27(18)11-8-22-21/h4-5,8,11-13,17H,6-7,9-10H2,1-3H3. The maximum absolute atomic E-state index is 12.6. The average Bonchev–Trinajstić information content (AvgIpc) is 3.28. The number of fused-ring (bicyclic) bond motifs is 1. The largest absolute Gasteiger partial charge is 0.355 e. The fourth-order valence-electron chi connectivity index (χ4n) is 4.25. The van der Waals surface area contributed by atoms with Gasteiger partial charge in [0.1, 0.15) is 5.52 Å². The zero-order chi connectivity index (χ0) is 20.8. The molecule has 0 unspecified atom stereocenters. The van der Waals surface area contributed by atoms with Crippen LogP contribution in [0.2, 0.25) is 0 Å². The third-order valence-corrected chi connectivity index (χ3v) is 5.64. The van der Waals surface area contributed by atoms with Crippen molar-refractivity contribution in [2.75, 3.05) is 18.0 Å². The van der Waals surface area contributed by atoms with E-state index in [-0.39, 0.29) is 11.6 Å². The summed E-state index contributed by atoms with van der Waals surface area (Å²) in [6.07, 6.45) is 5.30. The van der Waals surface area contributed by atoms with Gasteiger partial charge in [-0.3, -0.25) is 4.79 Å². The first-order chi connectivity index (χ1) is 14.5. The van der Waals surface area contributed by atoms with Crippen molar-refractivity contribution in [2.24, 2.45) is 0 Å². The van der Waals surface area contributed by atoms with Crippen LogP contribution in [0.5, 0.6) is 0 Å². The van der Waals surface area contributed by atoms with Gasteiger partial charge >= 0.3 is 0 Å². The van der Waals surface area contributed by atoms with Gasteiger partial charge in [-0.15, -0.1) is 5.10 Å². The van der Waals surface area contributed by atoms with Crippen LogP contribution in [0.1, 0.15) is 36.0 Å². The van der Waals surface area contributed by atoms with Gasteiger partial charge < -0.3 is 4.90 Å². The van der Waals surface area contributed by atoms with E-state index < -0.39 is 0 Å². The molecular weight excluding hydrogens is 380 g/mol. The van der Waals surface area contributed by atoms with E-state index in [9.17, 15) is 4.79 Å². The molecule has 1 aliphatic heterocycles. The minimum Gasteiger partial charge on any atom is -0.355 e. The zero-order valence-electron chi connectivity index (χ0n) is 17.4. The summed E-state index contributed by atoms with van der Waals surface area (Å²) in [6, 6.07) is 7.43. The highest BCUT2D eigenvalue weighted by Gasteiger charge is 2.25. The van der Waals surface area contributed by atoms with Crippen LogP contribution in [0.3, 0.4) is 0 Å². The SMILES string of the molecule is Cc1cc(C)n(-c2ccc(=O)n(C3CCN(c4nccn5nc(C)cc45)CC3)n2)n1. The number of hydrogen-bond acceptors (Lipinski definition) is 6. The van der Waals surface area contributed by atoms with Crippen LogP contribution in [-0.2, 0) is 0 Å². The van der Waals surface area contributed by atoms with Gasteiger partial charge in [-0.1, -0.05) is 0 Å². The van der Waals surface area contributed by atoms with E-state index in [1.807, 2.05) is 37.5 Å². The van der Waals surface area contributed by atoms with Crippen LogP contribution in [0.4, 0.5) is 5.82 Å². The predicted molar refractivity (Wildman–Crippen MR) is 113 cm³/mol. The molecule has 0 radical (unpaired) electrons. The molecule has 0 amide bonds. The lowest BCUT2D eigenvalue weighted by molar-refractivity contribution is 0.351. The summed E-state index contributed by atoms with van der Waals surface area (Å²) in [5, 5.41) is 13.6. The number of aromatic nitrogens is 7. The van der Waals surface area contributed by atoms with Crippen molar-refractivity contribution in [1.29, 1.82) is 0 Å². The van der Waals surface area contributed by atoms with Gasteiger partial charge in [-0.25, -0.2) is 18.9 Å². The van der Waals surface area contributed by atoms with Gasteiger partial charge in [-0.2, -0.15) is 10.2 Å². The maximum Gasteiger partial charge on any atom is 0.267 e. The Balaban J connectivity index is 1.40. The van der Waals surface area contributed by atoms with Crippen LogP contribution >= 0.6 is 0 Å². The fraction of sp³-hybridized carbons (Fsp3) is 0.381. The molecule has 9 heteroatoms. The molecule has 1 saturated heterocycles. The smallest absolute Gasteiger partial charge is 0.267 e. The molecule has 0 aromatic carbocycles. The second kappa shape index (κ2) is 7.08. The summed E-state index contributed by atoms with van der Waals surface area (Å²) < 4.78 is 5.28. The second-order valence-electron chi connectivity index (χ2n) is 7.90. The summed E-state index contributed by atoms with van der Waals surface area (Å²) in [4.78, 5) is 19.4. The molecule has 1 fully saturated rings. The summed E-state index contributed by atoms with van der Waals surface area (Å²) >= 11 is 0. The quantitative estimate of drug-likeness (QED) is 0.521. The van der Waals surface area contributed by atoms with Crippen molar-refractivity contribution >= 4 is 11.3 Å². The summed E-state index contributed by atoms with van der Waals surface area (Å²) in [7, 11) is 0. The maximum atomic E-state index is 12.6. The highest BCUT2D eigenvalue weighted by Crippen LogP contribution is 2.27. The Morgan fingerprint density at radius 1 is 0.967 bits per heavy atom. The number of nitrogens with zero attached hydrogens (tertiary/aromatic N) is 8. The predicted octanol–water partition coefficient (Wildman–Crippen LogP) is 2.24. The third-order valence-electron chi connectivity index (χ3n) is 5.64. The molecule has 0 atom stereocenters. The monoisotopic (exact) mass is 404 g/mol. The molecule has 154 valence electrons. The Bertz CT molecular complexity index is 1280. The number of anilines is 1. The molecule has 0 spiro atoms. The van der Waals surface area contributed by atoms with Crippen molar-refractivity contribution in [3.05, 3.63) is 64.1 Å². The highest BCUT2D eigenvalue weighted by molar-refractivity contribution is 5.69. The molecule has 5 heterocycles. The van der Waals surface area contributed by atoms with Gasteiger partial charge in [0, 0.05) is 37.2 Å². The van der Waals surface area contributed by atoms with Gasteiger partial charge in [0.05, 0.1) is 17.4 Å². The van der Waals surface area contributed by atoms with Gasteiger partial charge in [0.2, 0.25) is 0 Å². The molecule has 4 aromatic heterocycles. The van der Waals surface area contributed by atoms with Gasteiger partial charge in [-0.05, 0) is 51.8 Å². The lowest BCUT2D eigenvalue weighted by Gasteiger charge is -2.33. The van der Waals surface area contributed by atoms with Crippen molar-refractivity contribution in [3.8, 4) is 5.82 Å². The molecule has 5 rings (SSSR count). The molecule has 0 aliphatic carbocycles. The number of hydrogen-bond donors (Lipinski definition) is 0. The number of rotatable bonds is 3. The number of piperidine rings is 1. The van der Waals surface area contributed by atoms with E-state index >= 15 is 0 Å². The fourth-order valence-corrected chi connectivity index (χ4v) is 4.25. The zero-order valence-corrected chi connectivity index (χ0v) is 17.4. The van der Waals surface area contributed by atoms with Crippen molar-refractivity contribution in [2.45, 2.75) is 39.7 Å². The van der Waals surface area contributed by atoms with E-state index in [4.69, 9.17) is 0 Å². The highest BCUT2D eigenvalue weighted by atomic mass is 16.1. The lowest BCUT2D eigenvalue weighted by Crippen LogP contribution is -2.39. The topological polar surface area (TPSA) is 86.1 Å². The summed E-state index contributed by atoms with van der Waals surface area (Å²) in [5.74, 6) is 1.61. The molecule has 9 nitrogen and oxygen atoms in total. The van der Waals surface area contributed by atoms with Crippen LogP contribution < -0.4 is 10.5 Å². The third kappa shape index (κ3) is 3.16. The first kappa shape index (κ1) is 18.5. The molecular formula is C21H24N8O. The Kier molecular flexibility index (Phi) is 4.38. The molecule has 4 aromatic rings. The van der Waals surface area contributed by atoms with Crippen LogP contribution in [0, 0.1) is 20.8 Å². The Hall–Kier alpha value is -3.49. The van der Waals surface area contributed by atoms with E-state index in [0.717, 1.165) is 54.3 Å². The summed E-state index contributed by atoms with van der Waals surface area (Å²) in [6.45, 7) is 7.53. The molecule has 0 saturated carbocycles. The van der Waals surface area contributed by atoms with Crippen LogP contribution in [0.15, 0.2) is 41.5 Å². The average molecular weight is 404 g/mol. The van der Waals surface area contributed by atoms with Crippen LogP contribution in [-0.4, -0.2) is 47.2 Å². The van der Waals surface area contributed by atoms with E-state index in [1.165, 1.54) is 0 Å². The first-order valence-corrected chi connectivity index (χ1v) is 10.2. The molecule has 0 bridgehead atoms. The van der Waals surface area contributed by atoms with Crippen molar-refractivity contribution in [1.82, 2.24) is 34.2 Å². The minimum absolute atomic E-state index is 0.0528.